The lowest BCUT2D eigenvalue weighted by molar-refractivity contribution is 0.448. The van der Waals surface area contributed by atoms with E-state index in [-0.39, 0.29) is 6.54 Å². The molecule has 17 heavy (non-hydrogen) atoms. The summed E-state index contributed by atoms with van der Waals surface area (Å²) in [7, 11) is -1.89. The van der Waals surface area contributed by atoms with Crippen molar-refractivity contribution in [1.29, 1.82) is 0 Å². The third kappa shape index (κ3) is 3.99. The number of unbranched alkanes of at least 4 members (excludes halogenated alkanes) is 1. The molecule has 0 aliphatic heterocycles. The molecule has 0 unspecified atom stereocenters. The largest absolute Gasteiger partial charge is 0.384 e. The molecule has 0 bridgehead atoms. The first-order chi connectivity index (χ1) is 7.97. The van der Waals surface area contributed by atoms with Crippen LogP contribution in [0.4, 0.5) is 5.82 Å². The van der Waals surface area contributed by atoms with Gasteiger partial charge in [0.25, 0.3) is 10.2 Å². The minimum atomic E-state index is -3.44. The quantitative estimate of drug-likeness (QED) is 0.645. The van der Waals surface area contributed by atoms with Crippen LogP contribution in [0.25, 0.3) is 0 Å². The Morgan fingerprint density at radius 3 is 2.82 bits per heavy atom. The second-order valence-corrected chi connectivity index (χ2v) is 5.67. The SMILES string of the molecule is CCCCN(C)S(=O)(=O)NCc1cn[nH]c1N. The van der Waals surface area contributed by atoms with Crippen molar-refractivity contribution in [1.82, 2.24) is 19.2 Å². The molecule has 0 saturated heterocycles. The molecular weight excluding hydrogens is 242 g/mol. The van der Waals surface area contributed by atoms with E-state index in [1.54, 1.807) is 7.05 Å². The maximum Gasteiger partial charge on any atom is 0.279 e. The van der Waals surface area contributed by atoms with Crippen molar-refractivity contribution in [2.45, 2.75) is 26.3 Å². The minimum Gasteiger partial charge on any atom is -0.384 e. The van der Waals surface area contributed by atoms with Gasteiger partial charge in [-0.05, 0) is 6.42 Å². The van der Waals surface area contributed by atoms with E-state index in [9.17, 15) is 8.42 Å². The predicted molar refractivity (Wildman–Crippen MR) is 66.3 cm³/mol. The Hall–Kier alpha value is -1.12. The van der Waals surface area contributed by atoms with Gasteiger partial charge in [0.2, 0.25) is 0 Å². The molecule has 0 amide bonds. The molecule has 0 radical (unpaired) electrons. The molecule has 0 spiro atoms. The van der Waals surface area contributed by atoms with Crippen molar-refractivity contribution < 1.29 is 8.42 Å². The third-order valence-electron chi connectivity index (χ3n) is 2.43. The highest BCUT2D eigenvalue weighted by molar-refractivity contribution is 7.87. The highest BCUT2D eigenvalue weighted by Crippen LogP contribution is 2.06. The third-order valence-corrected chi connectivity index (χ3v) is 3.95. The van der Waals surface area contributed by atoms with Crippen molar-refractivity contribution in [2.24, 2.45) is 0 Å². The van der Waals surface area contributed by atoms with E-state index in [0.29, 0.717) is 17.9 Å². The molecule has 1 aromatic rings. The fourth-order valence-electron chi connectivity index (χ4n) is 1.24. The van der Waals surface area contributed by atoms with Crippen LogP contribution in [-0.4, -0.2) is 36.5 Å². The summed E-state index contributed by atoms with van der Waals surface area (Å²) in [5.41, 5.74) is 6.20. The van der Waals surface area contributed by atoms with E-state index in [2.05, 4.69) is 14.9 Å². The maximum absolute atomic E-state index is 11.8. The van der Waals surface area contributed by atoms with Gasteiger partial charge >= 0.3 is 0 Å². The molecule has 0 aliphatic carbocycles. The Morgan fingerprint density at radius 1 is 1.59 bits per heavy atom. The first kappa shape index (κ1) is 13.9. The molecule has 1 aromatic heterocycles. The highest BCUT2D eigenvalue weighted by Gasteiger charge is 2.16. The van der Waals surface area contributed by atoms with E-state index in [1.165, 1.54) is 10.5 Å². The van der Waals surface area contributed by atoms with Gasteiger partial charge < -0.3 is 5.73 Å². The van der Waals surface area contributed by atoms with Gasteiger partial charge in [-0.25, -0.2) is 0 Å². The van der Waals surface area contributed by atoms with E-state index in [1.807, 2.05) is 6.92 Å². The maximum atomic E-state index is 11.8. The number of H-pyrrole nitrogens is 1. The van der Waals surface area contributed by atoms with Crippen molar-refractivity contribution in [3.05, 3.63) is 11.8 Å². The van der Waals surface area contributed by atoms with E-state index >= 15 is 0 Å². The van der Waals surface area contributed by atoms with Crippen LogP contribution in [0.1, 0.15) is 25.3 Å². The Labute approximate surface area is 102 Å². The highest BCUT2D eigenvalue weighted by atomic mass is 32.2. The Balaban J connectivity index is 2.52. The number of hydrogen-bond donors (Lipinski definition) is 3. The summed E-state index contributed by atoms with van der Waals surface area (Å²) in [4.78, 5) is 0. The number of nitrogens with zero attached hydrogens (tertiary/aromatic N) is 2. The monoisotopic (exact) mass is 261 g/mol. The standard InChI is InChI=1S/C9H19N5O2S/c1-3-4-5-14(2)17(15,16)12-7-8-6-11-13-9(8)10/h6,12H,3-5,7H2,1-2H3,(H3,10,11,13). The molecule has 0 aromatic carbocycles. The summed E-state index contributed by atoms with van der Waals surface area (Å²) in [6.07, 6.45) is 3.30. The lowest BCUT2D eigenvalue weighted by Gasteiger charge is -2.16. The molecule has 0 atom stereocenters. The summed E-state index contributed by atoms with van der Waals surface area (Å²) in [6.45, 7) is 2.66. The summed E-state index contributed by atoms with van der Waals surface area (Å²) in [5.74, 6) is 0.379. The topological polar surface area (TPSA) is 104 Å². The number of nitrogen functional groups attached to an aromatic ring is 1. The zero-order valence-electron chi connectivity index (χ0n) is 10.1. The number of aromatic amines is 1. The fraction of sp³-hybridized carbons (Fsp3) is 0.667. The second kappa shape index (κ2) is 5.99. The van der Waals surface area contributed by atoms with Gasteiger partial charge in [-0.3, -0.25) is 5.10 Å². The van der Waals surface area contributed by atoms with Gasteiger partial charge in [-0.1, -0.05) is 13.3 Å². The van der Waals surface area contributed by atoms with Crippen LogP contribution in [0.5, 0.6) is 0 Å². The average molecular weight is 261 g/mol. The Morgan fingerprint density at radius 2 is 2.29 bits per heavy atom. The number of rotatable bonds is 7. The summed E-state index contributed by atoms with van der Waals surface area (Å²) in [6, 6.07) is 0. The first-order valence-electron chi connectivity index (χ1n) is 5.46. The Bertz CT molecular complexity index is 442. The van der Waals surface area contributed by atoms with Crippen LogP contribution in [0.15, 0.2) is 6.20 Å². The smallest absolute Gasteiger partial charge is 0.279 e. The minimum absolute atomic E-state index is 0.140. The number of hydrogen-bond acceptors (Lipinski definition) is 4. The van der Waals surface area contributed by atoms with Crippen LogP contribution in [0, 0.1) is 0 Å². The molecule has 0 fully saturated rings. The van der Waals surface area contributed by atoms with Gasteiger partial charge in [0.15, 0.2) is 0 Å². The van der Waals surface area contributed by atoms with Gasteiger partial charge in [0.1, 0.15) is 5.82 Å². The van der Waals surface area contributed by atoms with Gasteiger partial charge in [-0.15, -0.1) is 0 Å². The first-order valence-corrected chi connectivity index (χ1v) is 6.90. The molecule has 0 aliphatic rings. The molecule has 1 rings (SSSR count). The van der Waals surface area contributed by atoms with Gasteiger partial charge in [0.05, 0.1) is 6.20 Å². The molecule has 0 saturated carbocycles. The van der Waals surface area contributed by atoms with E-state index in [0.717, 1.165) is 12.8 Å². The van der Waals surface area contributed by atoms with Crippen LogP contribution < -0.4 is 10.5 Å². The van der Waals surface area contributed by atoms with Gasteiger partial charge in [-0.2, -0.15) is 22.5 Å². The van der Waals surface area contributed by atoms with Crippen LogP contribution in [0.3, 0.4) is 0 Å². The van der Waals surface area contributed by atoms with Crippen LogP contribution in [-0.2, 0) is 16.8 Å². The number of nitrogens with two attached hydrogens (primary N) is 1. The predicted octanol–water partition coefficient (Wildman–Crippen LogP) is 0.0582. The van der Waals surface area contributed by atoms with Crippen LogP contribution in [0.2, 0.25) is 0 Å². The molecule has 4 N–H and O–H groups in total. The van der Waals surface area contributed by atoms with E-state index < -0.39 is 10.2 Å². The zero-order chi connectivity index (χ0) is 12.9. The number of aromatic nitrogens is 2. The average Bonchev–Trinajstić information content (AvgIpc) is 2.69. The second-order valence-electron chi connectivity index (χ2n) is 3.81. The van der Waals surface area contributed by atoms with E-state index in [4.69, 9.17) is 5.73 Å². The molecular formula is C9H19N5O2S. The number of nitrogens with one attached hydrogen (secondary N) is 2. The number of anilines is 1. The molecule has 8 heteroatoms. The lowest BCUT2D eigenvalue weighted by atomic mass is 10.3. The summed E-state index contributed by atoms with van der Waals surface area (Å²) in [5, 5.41) is 6.27. The molecule has 1 heterocycles. The Kier molecular flexibility index (Phi) is 4.91. The molecule has 7 nitrogen and oxygen atoms in total. The lowest BCUT2D eigenvalue weighted by Crippen LogP contribution is -2.38. The van der Waals surface area contributed by atoms with Crippen molar-refractivity contribution >= 4 is 16.0 Å². The van der Waals surface area contributed by atoms with Crippen molar-refractivity contribution in [2.75, 3.05) is 19.3 Å². The van der Waals surface area contributed by atoms with Crippen molar-refractivity contribution in [3.63, 3.8) is 0 Å². The van der Waals surface area contributed by atoms with Crippen LogP contribution >= 0.6 is 0 Å². The van der Waals surface area contributed by atoms with Gasteiger partial charge in [0, 0.05) is 25.7 Å². The molecule has 98 valence electrons. The summed E-state index contributed by atoms with van der Waals surface area (Å²) < 4.78 is 27.3. The summed E-state index contributed by atoms with van der Waals surface area (Å²) >= 11 is 0. The zero-order valence-corrected chi connectivity index (χ0v) is 10.9. The fourth-order valence-corrected chi connectivity index (χ4v) is 2.17. The normalized spacial score (nSPS) is 12.2. The van der Waals surface area contributed by atoms with Crippen molar-refractivity contribution in [3.8, 4) is 0 Å².